The molecule has 1 fully saturated rings. The quantitative estimate of drug-likeness (QED) is 0.799. The Balaban J connectivity index is 1.41. The van der Waals surface area contributed by atoms with Crippen molar-refractivity contribution in [1.29, 1.82) is 0 Å². The van der Waals surface area contributed by atoms with Crippen LogP contribution in [0.4, 0.5) is 0 Å². The minimum Gasteiger partial charge on any atom is -0.348 e. The first-order valence-corrected chi connectivity index (χ1v) is 8.77. The van der Waals surface area contributed by atoms with Gasteiger partial charge in [0.15, 0.2) is 0 Å². The van der Waals surface area contributed by atoms with Gasteiger partial charge in [-0.2, -0.15) is 11.3 Å². The van der Waals surface area contributed by atoms with Gasteiger partial charge in [0, 0.05) is 18.5 Å². The van der Waals surface area contributed by atoms with E-state index in [1.165, 1.54) is 5.56 Å². The maximum Gasteiger partial charge on any atom is 0.309 e. The standard InChI is InChI=1S/C18H20N2O2S/c21-16(19-10-6-14-4-2-1-3-5-14)17(22)20-13-18(8-9-18)15-7-11-23-12-15/h1-5,7,11-12H,6,8-10,13H2,(H,19,21)(H,20,22). The first-order valence-electron chi connectivity index (χ1n) is 7.82. The highest BCUT2D eigenvalue weighted by Crippen LogP contribution is 2.48. The Kier molecular flexibility index (Phi) is 4.76. The molecule has 1 aromatic heterocycles. The number of thiophene rings is 1. The van der Waals surface area contributed by atoms with E-state index in [0.717, 1.165) is 24.8 Å². The van der Waals surface area contributed by atoms with Gasteiger partial charge in [-0.25, -0.2) is 0 Å². The fourth-order valence-electron chi connectivity index (χ4n) is 2.66. The van der Waals surface area contributed by atoms with E-state index in [2.05, 4.69) is 22.1 Å². The number of benzene rings is 1. The third-order valence-electron chi connectivity index (χ3n) is 4.32. The van der Waals surface area contributed by atoms with Crippen molar-refractivity contribution in [3.8, 4) is 0 Å². The van der Waals surface area contributed by atoms with E-state index < -0.39 is 11.8 Å². The Morgan fingerprint density at radius 2 is 1.78 bits per heavy atom. The van der Waals surface area contributed by atoms with Crippen molar-refractivity contribution in [3.05, 3.63) is 58.3 Å². The number of nitrogens with one attached hydrogen (secondary N) is 2. The zero-order valence-electron chi connectivity index (χ0n) is 12.9. The second-order valence-corrected chi connectivity index (χ2v) is 6.75. The van der Waals surface area contributed by atoms with Crippen molar-refractivity contribution >= 4 is 23.2 Å². The summed E-state index contributed by atoms with van der Waals surface area (Å²) in [6, 6.07) is 12.0. The zero-order chi connectivity index (χ0) is 16.1. The molecule has 0 bridgehead atoms. The van der Waals surface area contributed by atoms with Gasteiger partial charge in [-0.1, -0.05) is 30.3 Å². The van der Waals surface area contributed by atoms with Gasteiger partial charge in [0.05, 0.1) is 0 Å². The molecule has 1 aliphatic carbocycles. The first-order chi connectivity index (χ1) is 11.2. The van der Waals surface area contributed by atoms with Crippen molar-refractivity contribution in [3.63, 3.8) is 0 Å². The van der Waals surface area contributed by atoms with Crippen molar-refractivity contribution < 1.29 is 9.59 Å². The molecule has 0 spiro atoms. The normalized spacial score (nSPS) is 15.0. The molecule has 1 aliphatic rings. The minimum atomic E-state index is -0.554. The minimum absolute atomic E-state index is 0.0555. The molecule has 1 aromatic carbocycles. The molecule has 0 aliphatic heterocycles. The van der Waals surface area contributed by atoms with Gasteiger partial charge in [0.25, 0.3) is 0 Å². The van der Waals surface area contributed by atoms with E-state index in [1.807, 2.05) is 35.7 Å². The first kappa shape index (κ1) is 15.7. The number of carbonyl (C=O) groups excluding carboxylic acids is 2. The third kappa shape index (κ3) is 3.99. The van der Waals surface area contributed by atoms with Crippen molar-refractivity contribution in [2.75, 3.05) is 13.1 Å². The summed E-state index contributed by atoms with van der Waals surface area (Å²) in [6.45, 7) is 1.00. The monoisotopic (exact) mass is 328 g/mol. The summed E-state index contributed by atoms with van der Waals surface area (Å²) in [6.07, 6.45) is 2.86. The number of carbonyl (C=O) groups is 2. The number of hydrogen-bond donors (Lipinski definition) is 2. The average molecular weight is 328 g/mol. The molecule has 0 radical (unpaired) electrons. The van der Waals surface area contributed by atoms with Crippen LogP contribution in [-0.4, -0.2) is 24.9 Å². The van der Waals surface area contributed by atoms with Gasteiger partial charge in [-0.15, -0.1) is 0 Å². The lowest BCUT2D eigenvalue weighted by molar-refractivity contribution is -0.139. The Labute approximate surface area is 139 Å². The maximum absolute atomic E-state index is 11.9. The second kappa shape index (κ2) is 6.96. The molecule has 3 rings (SSSR count). The van der Waals surface area contributed by atoms with Gasteiger partial charge in [-0.05, 0) is 47.2 Å². The van der Waals surface area contributed by atoms with Crippen molar-refractivity contribution in [2.45, 2.75) is 24.7 Å². The summed E-state index contributed by atoms with van der Waals surface area (Å²) in [5.41, 5.74) is 2.47. The van der Waals surface area contributed by atoms with E-state index in [-0.39, 0.29) is 5.41 Å². The lowest BCUT2D eigenvalue weighted by Crippen LogP contribution is -2.43. The lowest BCUT2D eigenvalue weighted by Gasteiger charge is -2.14. The van der Waals surface area contributed by atoms with Gasteiger partial charge < -0.3 is 10.6 Å². The molecule has 1 saturated carbocycles. The second-order valence-electron chi connectivity index (χ2n) is 5.97. The van der Waals surface area contributed by atoms with Crippen molar-refractivity contribution in [2.24, 2.45) is 0 Å². The largest absolute Gasteiger partial charge is 0.348 e. The highest BCUT2D eigenvalue weighted by molar-refractivity contribution is 7.08. The van der Waals surface area contributed by atoms with Crippen molar-refractivity contribution in [1.82, 2.24) is 10.6 Å². The van der Waals surface area contributed by atoms with E-state index in [9.17, 15) is 9.59 Å². The van der Waals surface area contributed by atoms with Crippen LogP contribution in [0.3, 0.4) is 0 Å². The smallest absolute Gasteiger partial charge is 0.309 e. The molecule has 0 unspecified atom stereocenters. The molecule has 2 amide bonds. The molecule has 1 heterocycles. The van der Waals surface area contributed by atoms with Gasteiger partial charge in [-0.3, -0.25) is 9.59 Å². The molecule has 2 N–H and O–H groups in total. The molecule has 23 heavy (non-hydrogen) atoms. The fourth-order valence-corrected chi connectivity index (χ4v) is 3.44. The van der Waals surface area contributed by atoms with Crippen LogP contribution in [0.15, 0.2) is 47.2 Å². The number of hydrogen-bond acceptors (Lipinski definition) is 3. The Morgan fingerprint density at radius 3 is 2.43 bits per heavy atom. The number of amides is 2. The van der Waals surface area contributed by atoms with Gasteiger partial charge in [0.1, 0.15) is 0 Å². The summed E-state index contributed by atoms with van der Waals surface area (Å²) in [5, 5.41) is 9.62. The number of rotatable bonds is 6. The van der Waals surface area contributed by atoms with Crippen LogP contribution in [-0.2, 0) is 21.4 Å². The summed E-state index contributed by atoms with van der Waals surface area (Å²) in [4.78, 5) is 23.7. The molecule has 120 valence electrons. The van der Waals surface area contributed by atoms with Crippen LogP contribution in [0.1, 0.15) is 24.0 Å². The maximum atomic E-state index is 11.9. The Morgan fingerprint density at radius 1 is 1.04 bits per heavy atom. The van der Waals surface area contributed by atoms with Gasteiger partial charge in [0.2, 0.25) is 0 Å². The van der Waals surface area contributed by atoms with Crippen LogP contribution >= 0.6 is 11.3 Å². The van der Waals surface area contributed by atoms with E-state index in [1.54, 1.807) is 11.3 Å². The molecule has 0 atom stereocenters. The third-order valence-corrected chi connectivity index (χ3v) is 5.01. The summed E-state index contributed by atoms with van der Waals surface area (Å²) in [5.74, 6) is -1.10. The summed E-state index contributed by atoms with van der Waals surface area (Å²) < 4.78 is 0. The average Bonchev–Trinajstić information content (AvgIpc) is 3.16. The topological polar surface area (TPSA) is 58.2 Å². The van der Waals surface area contributed by atoms with E-state index in [4.69, 9.17) is 0 Å². The molecule has 0 saturated heterocycles. The Hall–Kier alpha value is -2.14. The Bertz CT molecular complexity index is 664. The molecular weight excluding hydrogens is 308 g/mol. The highest BCUT2D eigenvalue weighted by atomic mass is 32.1. The van der Waals surface area contributed by atoms with Crippen LogP contribution < -0.4 is 10.6 Å². The summed E-state index contributed by atoms with van der Waals surface area (Å²) in [7, 11) is 0. The fraction of sp³-hybridized carbons (Fsp3) is 0.333. The van der Waals surface area contributed by atoms with Crippen LogP contribution in [0, 0.1) is 0 Å². The van der Waals surface area contributed by atoms with E-state index in [0.29, 0.717) is 13.1 Å². The van der Waals surface area contributed by atoms with Gasteiger partial charge >= 0.3 is 11.8 Å². The predicted octanol–water partition coefficient (Wildman–Crippen LogP) is 2.25. The lowest BCUT2D eigenvalue weighted by atomic mass is 9.99. The summed E-state index contributed by atoms with van der Waals surface area (Å²) >= 11 is 1.66. The van der Waals surface area contributed by atoms with E-state index >= 15 is 0 Å². The molecule has 4 nitrogen and oxygen atoms in total. The molecule has 5 heteroatoms. The van der Waals surface area contributed by atoms with Crippen LogP contribution in [0.25, 0.3) is 0 Å². The molecule has 2 aromatic rings. The SMILES string of the molecule is O=C(NCCc1ccccc1)C(=O)NCC1(c2ccsc2)CC1. The zero-order valence-corrected chi connectivity index (χ0v) is 13.7. The highest BCUT2D eigenvalue weighted by Gasteiger charge is 2.44. The van der Waals surface area contributed by atoms with Crippen LogP contribution in [0.2, 0.25) is 0 Å². The van der Waals surface area contributed by atoms with Crippen LogP contribution in [0.5, 0.6) is 0 Å². The molecular formula is C18H20N2O2S. The predicted molar refractivity (Wildman–Crippen MR) is 91.4 cm³/mol.